The lowest BCUT2D eigenvalue weighted by Crippen LogP contribution is -2.12. The second kappa shape index (κ2) is 5.71. The van der Waals surface area contributed by atoms with E-state index in [0.717, 1.165) is 22.3 Å². The van der Waals surface area contributed by atoms with Gasteiger partial charge in [-0.15, -0.1) is 0 Å². The maximum absolute atomic E-state index is 12.6. The van der Waals surface area contributed by atoms with Crippen molar-refractivity contribution in [2.75, 3.05) is 0 Å². The molecular formula is C18H17NO. The van der Waals surface area contributed by atoms with Crippen molar-refractivity contribution in [3.63, 3.8) is 0 Å². The van der Waals surface area contributed by atoms with Crippen molar-refractivity contribution in [2.24, 2.45) is 0 Å². The zero-order valence-electron chi connectivity index (χ0n) is 12.0. The quantitative estimate of drug-likeness (QED) is 0.782. The second-order valence-corrected chi connectivity index (χ2v) is 5.22. The summed E-state index contributed by atoms with van der Waals surface area (Å²) in [5.41, 5.74) is 4.49. The maximum atomic E-state index is 12.6. The first-order valence-corrected chi connectivity index (χ1v) is 6.60. The van der Waals surface area contributed by atoms with Crippen LogP contribution in [0, 0.1) is 32.1 Å². The standard InChI is InChI=1S/C18H17NO/c1-12-5-4-6-15(8-12)17(11-19)18(20)16-9-13(2)7-14(3)10-16/h4-10,17H,1-3H3. The summed E-state index contributed by atoms with van der Waals surface area (Å²) in [7, 11) is 0. The Bertz CT molecular complexity index is 675. The second-order valence-electron chi connectivity index (χ2n) is 5.22. The SMILES string of the molecule is Cc1cc(C)cc(C(=O)C(C#N)c2cccc(C)c2)c1. The number of Topliss-reactive ketones (excluding diaryl/α,β-unsaturated/α-hetero) is 1. The van der Waals surface area contributed by atoms with Crippen LogP contribution in [-0.4, -0.2) is 5.78 Å². The molecule has 0 heterocycles. The van der Waals surface area contributed by atoms with E-state index in [0.29, 0.717) is 5.56 Å². The van der Waals surface area contributed by atoms with Crippen LogP contribution in [0.5, 0.6) is 0 Å². The molecule has 0 aliphatic carbocycles. The number of hydrogen-bond acceptors (Lipinski definition) is 2. The molecule has 0 fully saturated rings. The molecule has 0 N–H and O–H groups in total. The van der Waals surface area contributed by atoms with Crippen LogP contribution in [0.4, 0.5) is 0 Å². The Hall–Kier alpha value is -2.40. The number of benzene rings is 2. The zero-order valence-corrected chi connectivity index (χ0v) is 12.0. The third-order valence-electron chi connectivity index (χ3n) is 3.27. The highest BCUT2D eigenvalue weighted by molar-refractivity contribution is 6.03. The van der Waals surface area contributed by atoms with E-state index < -0.39 is 5.92 Å². The third kappa shape index (κ3) is 2.95. The van der Waals surface area contributed by atoms with Crippen LogP contribution in [0.25, 0.3) is 0 Å². The van der Waals surface area contributed by atoms with Gasteiger partial charge in [-0.05, 0) is 38.5 Å². The average molecular weight is 263 g/mol. The topological polar surface area (TPSA) is 40.9 Å². The molecule has 2 nitrogen and oxygen atoms in total. The first-order chi connectivity index (χ1) is 9.51. The molecule has 2 aromatic rings. The van der Waals surface area contributed by atoms with Crippen molar-refractivity contribution in [2.45, 2.75) is 26.7 Å². The van der Waals surface area contributed by atoms with Gasteiger partial charge in [0.25, 0.3) is 0 Å². The van der Waals surface area contributed by atoms with Gasteiger partial charge in [-0.25, -0.2) is 0 Å². The number of ketones is 1. The minimum atomic E-state index is -0.740. The van der Waals surface area contributed by atoms with Gasteiger partial charge in [0, 0.05) is 5.56 Å². The van der Waals surface area contributed by atoms with Gasteiger partial charge < -0.3 is 0 Å². The van der Waals surface area contributed by atoms with Crippen LogP contribution in [-0.2, 0) is 0 Å². The molecule has 0 aliphatic rings. The summed E-state index contributed by atoms with van der Waals surface area (Å²) in [5.74, 6) is -0.874. The van der Waals surface area contributed by atoms with Crippen molar-refractivity contribution in [3.8, 4) is 6.07 Å². The predicted octanol–water partition coefficient (Wildman–Crippen LogP) is 4.10. The van der Waals surface area contributed by atoms with Crippen molar-refractivity contribution < 1.29 is 4.79 Å². The monoisotopic (exact) mass is 263 g/mol. The fraction of sp³-hybridized carbons (Fsp3) is 0.222. The predicted molar refractivity (Wildman–Crippen MR) is 79.8 cm³/mol. The minimum Gasteiger partial charge on any atom is -0.292 e. The highest BCUT2D eigenvalue weighted by Gasteiger charge is 2.22. The fourth-order valence-corrected chi connectivity index (χ4v) is 2.42. The van der Waals surface area contributed by atoms with E-state index in [-0.39, 0.29) is 5.78 Å². The van der Waals surface area contributed by atoms with Crippen LogP contribution < -0.4 is 0 Å². The molecule has 0 spiro atoms. The van der Waals surface area contributed by atoms with Gasteiger partial charge in [0.1, 0.15) is 5.92 Å². The van der Waals surface area contributed by atoms with E-state index in [1.165, 1.54) is 0 Å². The van der Waals surface area contributed by atoms with E-state index in [9.17, 15) is 10.1 Å². The molecule has 0 saturated carbocycles. The van der Waals surface area contributed by atoms with E-state index in [1.807, 2.05) is 63.2 Å². The molecule has 100 valence electrons. The van der Waals surface area contributed by atoms with Crippen LogP contribution in [0.3, 0.4) is 0 Å². The Morgan fingerprint density at radius 1 is 1.00 bits per heavy atom. The largest absolute Gasteiger partial charge is 0.292 e. The number of rotatable bonds is 3. The molecular weight excluding hydrogens is 246 g/mol. The molecule has 0 amide bonds. The molecule has 2 heteroatoms. The van der Waals surface area contributed by atoms with E-state index in [4.69, 9.17) is 0 Å². The molecule has 0 saturated heterocycles. The van der Waals surface area contributed by atoms with Gasteiger partial charge in [-0.3, -0.25) is 4.79 Å². The first-order valence-electron chi connectivity index (χ1n) is 6.60. The number of carbonyl (C=O) groups excluding carboxylic acids is 1. The van der Waals surface area contributed by atoms with Crippen LogP contribution in [0.15, 0.2) is 42.5 Å². The van der Waals surface area contributed by atoms with Crippen molar-refractivity contribution in [1.82, 2.24) is 0 Å². The summed E-state index contributed by atoms with van der Waals surface area (Å²) in [6.07, 6.45) is 0. The molecule has 1 atom stereocenters. The number of hydrogen-bond donors (Lipinski definition) is 0. The molecule has 1 unspecified atom stereocenters. The lowest BCUT2D eigenvalue weighted by Gasteiger charge is -2.11. The Morgan fingerprint density at radius 2 is 1.65 bits per heavy atom. The third-order valence-corrected chi connectivity index (χ3v) is 3.27. The number of nitriles is 1. The van der Waals surface area contributed by atoms with E-state index >= 15 is 0 Å². The van der Waals surface area contributed by atoms with Crippen LogP contribution >= 0.6 is 0 Å². The van der Waals surface area contributed by atoms with Crippen molar-refractivity contribution in [1.29, 1.82) is 5.26 Å². The van der Waals surface area contributed by atoms with Gasteiger partial charge in [-0.2, -0.15) is 5.26 Å². The Balaban J connectivity index is 2.42. The number of carbonyl (C=O) groups is 1. The summed E-state index contributed by atoms with van der Waals surface area (Å²) in [4.78, 5) is 12.6. The summed E-state index contributed by atoms with van der Waals surface area (Å²) >= 11 is 0. The number of aryl methyl sites for hydroxylation is 3. The first kappa shape index (κ1) is 14.0. The van der Waals surface area contributed by atoms with E-state index in [2.05, 4.69) is 6.07 Å². The highest BCUT2D eigenvalue weighted by Crippen LogP contribution is 2.22. The smallest absolute Gasteiger partial charge is 0.184 e. The van der Waals surface area contributed by atoms with Gasteiger partial charge in [-0.1, -0.05) is 47.0 Å². The minimum absolute atomic E-state index is 0.134. The Morgan fingerprint density at radius 3 is 2.20 bits per heavy atom. The Labute approximate surface area is 119 Å². The van der Waals surface area contributed by atoms with Gasteiger partial charge in [0.15, 0.2) is 5.78 Å². The molecule has 0 bridgehead atoms. The normalized spacial score (nSPS) is 11.7. The summed E-state index contributed by atoms with van der Waals surface area (Å²) in [6.45, 7) is 5.87. The molecule has 2 aromatic carbocycles. The van der Waals surface area contributed by atoms with Gasteiger partial charge in [0.05, 0.1) is 6.07 Å². The van der Waals surface area contributed by atoms with Gasteiger partial charge in [0.2, 0.25) is 0 Å². The van der Waals surface area contributed by atoms with E-state index in [1.54, 1.807) is 0 Å². The lowest BCUT2D eigenvalue weighted by atomic mass is 9.90. The molecule has 20 heavy (non-hydrogen) atoms. The molecule has 0 aliphatic heterocycles. The fourth-order valence-electron chi connectivity index (χ4n) is 2.42. The number of nitrogens with zero attached hydrogens (tertiary/aromatic N) is 1. The lowest BCUT2D eigenvalue weighted by molar-refractivity contribution is 0.0978. The molecule has 0 aromatic heterocycles. The molecule has 0 radical (unpaired) electrons. The zero-order chi connectivity index (χ0) is 14.7. The van der Waals surface area contributed by atoms with Crippen LogP contribution in [0.1, 0.15) is 38.5 Å². The summed E-state index contributed by atoms with van der Waals surface area (Å²) in [5, 5.41) is 9.37. The van der Waals surface area contributed by atoms with Crippen molar-refractivity contribution in [3.05, 3.63) is 70.3 Å². The summed E-state index contributed by atoms with van der Waals surface area (Å²) < 4.78 is 0. The van der Waals surface area contributed by atoms with Gasteiger partial charge >= 0.3 is 0 Å². The van der Waals surface area contributed by atoms with Crippen molar-refractivity contribution >= 4 is 5.78 Å². The Kier molecular flexibility index (Phi) is 4.00. The summed E-state index contributed by atoms with van der Waals surface area (Å²) in [6, 6.07) is 15.4. The highest BCUT2D eigenvalue weighted by atomic mass is 16.1. The molecule has 2 rings (SSSR count). The van der Waals surface area contributed by atoms with Crippen LogP contribution in [0.2, 0.25) is 0 Å². The maximum Gasteiger partial charge on any atom is 0.184 e. The average Bonchev–Trinajstić information content (AvgIpc) is 2.38.